The molecule has 110 heavy (non-hydrogen) atoms. The summed E-state index contributed by atoms with van der Waals surface area (Å²) in [6.07, 6.45) is 0. The third-order valence-corrected chi connectivity index (χ3v) is 21.1. The molecule has 0 radical (unpaired) electrons. The fourth-order valence-electron chi connectivity index (χ4n) is 15.6. The third kappa shape index (κ3) is 14.2. The van der Waals surface area contributed by atoms with Crippen molar-refractivity contribution in [1.29, 1.82) is 0 Å². The van der Waals surface area contributed by atoms with Crippen LogP contribution in [-0.2, 0) is 0 Å². The van der Waals surface area contributed by atoms with Crippen LogP contribution < -0.4 is 9.80 Å². The molecule has 0 heterocycles. The van der Waals surface area contributed by atoms with Gasteiger partial charge in [0, 0.05) is 34.0 Å². The Labute approximate surface area is 645 Å². The molecule has 18 rings (SSSR count). The highest BCUT2D eigenvalue weighted by molar-refractivity contribution is 5.96. The van der Waals surface area contributed by atoms with E-state index < -0.39 is 0 Å². The number of hydrogen-bond acceptors (Lipinski definition) is 2. The lowest BCUT2D eigenvalue weighted by molar-refractivity contribution is 1.28. The van der Waals surface area contributed by atoms with E-state index in [1.165, 1.54) is 55.6 Å². The topological polar surface area (TPSA) is 6.48 Å². The summed E-state index contributed by atoms with van der Waals surface area (Å²) in [5.74, 6) is 0. The standard InChI is InChI=1S/C108H76N2/c1-9-28-77(29-10-1)80-54-61-96(62-55-80)109(100-65-68-102(84-36-17-5-18-37-84)106(76-100)87-42-23-8-24-43-87)98-48-26-45-90(71-98)94-59-67-103(105(74-94)86-40-21-7-22-41-86)95-47-25-44-89(70-95)82-50-52-88(53-51-82)107-75-92(79-32-13-3-14-33-79)60-69-108(107)110(97-63-56-81(57-64-97)78-30-11-2-12-31-78)99-49-27-46-91(72-99)93-58-66-101(83-34-15-4-16-35-83)104(73-93)85-38-19-6-20-39-85/h1-76H. The van der Waals surface area contributed by atoms with Crippen molar-refractivity contribution in [2.24, 2.45) is 0 Å². The van der Waals surface area contributed by atoms with E-state index in [-0.39, 0.29) is 0 Å². The van der Waals surface area contributed by atoms with E-state index >= 15 is 0 Å². The molecule has 0 N–H and O–H groups in total. The van der Waals surface area contributed by atoms with Crippen LogP contribution in [0.5, 0.6) is 0 Å². The summed E-state index contributed by atoms with van der Waals surface area (Å²) in [6.45, 7) is 0. The van der Waals surface area contributed by atoms with Crippen molar-refractivity contribution in [3.63, 3.8) is 0 Å². The Kier molecular flexibility index (Phi) is 19.0. The van der Waals surface area contributed by atoms with Crippen LogP contribution in [0.1, 0.15) is 0 Å². The number of nitrogens with zero attached hydrogens (tertiary/aromatic N) is 2. The largest absolute Gasteiger partial charge is 0.310 e. The van der Waals surface area contributed by atoms with Crippen molar-refractivity contribution in [3.8, 4) is 145 Å². The first-order valence-corrected chi connectivity index (χ1v) is 37.8. The van der Waals surface area contributed by atoms with Gasteiger partial charge in [0.15, 0.2) is 0 Å². The van der Waals surface area contributed by atoms with Gasteiger partial charge in [0.2, 0.25) is 0 Å². The Bertz CT molecular complexity index is 6190. The Hall–Kier alpha value is -14.4. The molecule has 0 saturated carbocycles. The minimum atomic E-state index is 1.05. The van der Waals surface area contributed by atoms with Gasteiger partial charge in [-0.2, -0.15) is 0 Å². The molecule has 0 aliphatic rings. The molecule has 0 atom stereocenters. The van der Waals surface area contributed by atoms with Crippen LogP contribution in [0.4, 0.5) is 34.1 Å². The molecule has 0 spiro atoms. The van der Waals surface area contributed by atoms with Crippen LogP contribution in [0.2, 0.25) is 0 Å². The van der Waals surface area contributed by atoms with Crippen molar-refractivity contribution in [2.75, 3.05) is 9.80 Å². The summed E-state index contributed by atoms with van der Waals surface area (Å²) >= 11 is 0. The van der Waals surface area contributed by atoms with E-state index in [1.54, 1.807) is 0 Å². The van der Waals surface area contributed by atoms with E-state index in [1.807, 2.05) is 0 Å². The molecule has 0 amide bonds. The van der Waals surface area contributed by atoms with Crippen LogP contribution >= 0.6 is 0 Å². The minimum Gasteiger partial charge on any atom is -0.310 e. The van der Waals surface area contributed by atoms with Crippen molar-refractivity contribution in [2.45, 2.75) is 0 Å². The highest BCUT2D eigenvalue weighted by atomic mass is 15.1. The average Bonchev–Trinajstić information content (AvgIpc) is 0.764. The smallest absolute Gasteiger partial charge is 0.0540 e. The van der Waals surface area contributed by atoms with Gasteiger partial charge in [0.1, 0.15) is 0 Å². The average molecular weight is 1400 g/mol. The summed E-state index contributed by atoms with van der Waals surface area (Å²) in [5.41, 5.74) is 36.4. The fourth-order valence-corrected chi connectivity index (χ4v) is 15.6. The van der Waals surface area contributed by atoms with Gasteiger partial charge < -0.3 is 9.80 Å². The number of anilines is 6. The van der Waals surface area contributed by atoms with Gasteiger partial charge in [-0.1, -0.05) is 370 Å². The van der Waals surface area contributed by atoms with E-state index in [2.05, 4.69) is 471 Å². The van der Waals surface area contributed by atoms with Gasteiger partial charge in [0.25, 0.3) is 0 Å². The van der Waals surface area contributed by atoms with Crippen molar-refractivity contribution in [3.05, 3.63) is 461 Å². The van der Waals surface area contributed by atoms with Crippen LogP contribution in [0.25, 0.3) is 145 Å². The maximum Gasteiger partial charge on any atom is 0.0540 e. The predicted octanol–water partition coefficient (Wildman–Crippen LogP) is 30.3. The van der Waals surface area contributed by atoms with Gasteiger partial charge in [-0.05, 0) is 230 Å². The zero-order valence-electron chi connectivity index (χ0n) is 60.8. The van der Waals surface area contributed by atoms with Crippen LogP contribution in [-0.4, -0.2) is 0 Å². The minimum absolute atomic E-state index is 1.05. The first kappa shape index (κ1) is 67.4. The van der Waals surface area contributed by atoms with Gasteiger partial charge >= 0.3 is 0 Å². The zero-order chi connectivity index (χ0) is 73.4. The lowest BCUT2D eigenvalue weighted by atomic mass is 9.89. The predicted molar refractivity (Wildman–Crippen MR) is 466 cm³/mol. The van der Waals surface area contributed by atoms with E-state index in [9.17, 15) is 0 Å². The lowest BCUT2D eigenvalue weighted by Gasteiger charge is -2.29. The van der Waals surface area contributed by atoms with Crippen molar-refractivity contribution >= 4 is 34.1 Å². The summed E-state index contributed by atoms with van der Waals surface area (Å²) in [5, 5.41) is 0. The van der Waals surface area contributed by atoms with Crippen molar-refractivity contribution in [1.82, 2.24) is 0 Å². The molecule has 0 aliphatic carbocycles. The third-order valence-electron chi connectivity index (χ3n) is 21.1. The molecule has 0 aliphatic heterocycles. The second-order valence-electron chi connectivity index (χ2n) is 27.9. The molecular weight excluding hydrogens is 1330 g/mol. The Morgan fingerprint density at radius 1 is 0.100 bits per heavy atom. The molecule has 0 fully saturated rings. The first-order valence-electron chi connectivity index (χ1n) is 37.8. The highest BCUT2D eigenvalue weighted by Crippen LogP contribution is 2.48. The molecular formula is C108H76N2. The molecule has 18 aromatic carbocycles. The molecule has 0 bridgehead atoms. The summed E-state index contributed by atoms with van der Waals surface area (Å²) in [7, 11) is 0. The van der Waals surface area contributed by atoms with Gasteiger partial charge in [0.05, 0.1) is 5.69 Å². The Morgan fingerprint density at radius 2 is 0.327 bits per heavy atom. The monoisotopic (exact) mass is 1400 g/mol. The fraction of sp³-hybridized carbons (Fsp3) is 0. The maximum atomic E-state index is 2.44. The zero-order valence-corrected chi connectivity index (χ0v) is 60.8. The molecule has 2 nitrogen and oxygen atoms in total. The van der Waals surface area contributed by atoms with E-state index in [0.717, 1.165) is 123 Å². The van der Waals surface area contributed by atoms with E-state index in [0.29, 0.717) is 0 Å². The quantitative estimate of drug-likeness (QED) is 0.0796. The van der Waals surface area contributed by atoms with Crippen LogP contribution in [0, 0.1) is 0 Å². The number of benzene rings is 18. The van der Waals surface area contributed by atoms with Crippen LogP contribution in [0.3, 0.4) is 0 Å². The Balaban J connectivity index is 0.711. The normalized spacial score (nSPS) is 11.1. The number of hydrogen-bond donors (Lipinski definition) is 0. The number of rotatable bonds is 19. The Morgan fingerprint density at radius 3 is 0.773 bits per heavy atom. The molecule has 0 aromatic heterocycles. The molecule has 518 valence electrons. The van der Waals surface area contributed by atoms with Gasteiger partial charge in [-0.25, -0.2) is 0 Å². The molecule has 0 saturated heterocycles. The lowest BCUT2D eigenvalue weighted by Crippen LogP contribution is -2.11. The first-order chi connectivity index (χ1) is 54.5. The molecule has 18 aromatic rings. The maximum absolute atomic E-state index is 2.44. The molecule has 2 heteroatoms. The molecule has 0 unspecified atom stereocenters. The van der Waals surface area contributed by atoms with Crippen molar-refractivity contribution < 1.29 is 0 Å². The van der Waals surface area contributed by atoms with Gasteiger partial charge in [-0.15, -0.1) is 0 Å². The summed E-state index contributed by atoms with van der Waals surface area (Å²) < 4.78 is 0. The SMILES string of the molecule is c1ccc(-c2ccc(N(c3cccc(-c4ccc(-c5cccc(-c6ccc(-c7cc(-c8ccccc8)ccc7N(c7ccc(-c8ccccc8)cc7)c7cccc(-c8ccc(-c9ccccc9)c(-c9ccccc9)c8)c7)cc6)c5)c(-c5ccccc5)c4)c3)c3ccc(-c4ccccc4)c(-c4ccccc4)c3)cc2)cc1. The van der Waals surface area contributed by atoms with Gasteiger partial charge in [-0.3, -0.25) is 0 Å². The highest BCUT2D eigenvalue weighted by Gasteiger charge is 2.23. The summed E-state index contributed by atoms with van der Waals surface area (Å²) in [4.78, 5) is 4.84. The second-order valence-corrected chi connectivity index (χ2v) is 27.9. The van der Waals surface area contributed by atoms with E-state index in [4.69, 9.17) is 0 Å². The second kappa shape index (κ2) is 30.9. The van der Waals surface area contributed by atoms with Crippen LogP contribution in [0.15, 0.2) is 461 Å². The summed E-state index contributed by atoms with van der Waals surface area (Å²) in [6, 6.07) is 168.